The van der Waals surface area contributed by atoms with Crippen molar-refractivity contribution in [2.45, 2.75) is 13.0 Å². The van der Waals surface area contributed by atoms with E-state index in [1.165, 1.54) is 13.0 Å². The summed E-state index contributed by atoms with van der Waals surface area (Å²) in [5, 5.41) is 10.9. The fraction of sp³-hybridized carbons (Fsp3) is 0.231. The molecule has 1 aromatic carbocycles. The third-order valence-corrected chi connectivity index (χ3v) is 2.27. The van der Waals surface area contributed by atoms with Gasteiger partial charge >= 0.3 is 5.97 Å². The van der Waals surface area contributed by atoms with Crippen LogP contribution in [0.3, 0.4) is 0 Å². The van der Waals surface area contributed by atoms with Crippen LogP contribution in [0.5, 0.6) is 5.75 Å². The van der Waals surface area contributed by atoms with Crippen LogP contribution < -0.4 is 10.1 Å². The van der Waals surface area contributed by atoms with E-state index in [2.05, 4.69) is 5.32 Å². The predicted molar refractivity (Wildman–Crippen MR) is 67.3 cm³/mol. The van der Waals surface area contributed by atoms with Crippen LogP contribution in [0.25, 0.3) is 6.08 Å². The van der Waals surface area contributed by atoms with E-state index in [1.54, 1.807) is 37.5 Å². The van der Waals surface area contributed by atoms with Gasteiger partial charge in [-0.3, -0.25) is 9.59 Å². The summed E-state index contributed by atoms with van der Waals surface area (Å²) in [6, 6.07) is 6.24. The van der Waals surface area contributed by atoms with E-state index in [0.717, 1.165) is 11.3 Å². The van der Waals surface area contributed by atoms with E-state index >= 15 is 0 Å². The highest BCUT2D eigenvalue weighted by Gasteiger charge is 2.11. The molecule has 1 atom stereocenters. The standard InChI is InChI=1S/C13H15NO4/c1-9(13(16)17)14-12(15)8-5-10-3-6-11(18-2)7-4-10/h3-9H,1-2H3,(H,14,15)(H,16,17)/b8-5-/t9-/m0/s1. The number of methoxy groups -OCH3 is 1. The molecule has 0 aliphatic rings. The maximum absolute atomic E-state index is 11.4. The number of hydrogen-bond acceptors (Lipinski definition) is 3. The number of carboxylic acids is 1. The average Bonchev–Trinajstić information content (AvgIpc) is 2.36. The second-order valence-corrected chi connectivity index (χ2v) is 3.68. The van der Waals surface area contributed by atoms with E-state index in [0.29, 0.717) is 0 Å². The summed E-state index contributed by atoms with van der Waals surface area (Å²) in [4.78, 5) is 21.9. The maximum Gasteiger partial charge on any atom is 0.325 e. The lowest BCUT2D eigenvalue weighted by atomic mass is 10.2. The van der Waals surface area contributed by atoms with Gasteiger partial charge in [-0.1, -0.05) is 12.1 Å². The normalized spacial score (nSPS) is 12.1. The highest BCUT2D eigenvalue weighted by molar-refractivity contribution is 5.94. The third-order valence-electron chi connectivity index (χ3n) is 2.27. The Morgan fingerprint density at radius 3 is 2.44 bits per heavy atom. The molecule has 1 aromatic rings. The molecule has 0 spiro atoms. The van der Waals surface area contributed by atoms with Crippen molar-refractivity contribution in [2.75, 3.05) is 7.11 Å². The molecule has 0 bridgehead atoms. The average molecular weight is 249 g/mol. The SMILES string of the molecule is COc1ccc(/C=C\C(=O)N[C@@H](C)C(=O)O)cc1. The van der Waals surface area contributed by atoms with Gasteiger partial charge in [0.2, 0.25) is 5.91 Å². The lowest BCUT2D eigenvalue weighted by Gasteiger charge is -2.05. The van der Waals surface area contributed by atoms with Gasteiger partial charge in [0, 0.05) is 6.08 Å². The highest BCUT2D eigenvalue weighted by atomic mass is 16.5. The van der Waals surface area contributed by atoms with Gasteiger partial charge in [0.05, 0.1) is 7.11 Å². The Bertz CT molecular complexity index is 451. The third kappa shape index (κ3) is 4.29. The van der Waals surface area contributed by atoms with Crippen molar-refractivity contribution in [3.8, 4) is 5.75 Å². The van der Waals surface area contributed by atoms with Gasteiger partial charge in [0.25, 0.3) is 0 Å². The zero-order valence-electron chi connectivity index (χ0n) is 10.2. The van der Waals surface area contributed by atoms with Gasteiger partial charge < -0.3 is 15.2 Å². The maximum atomic E-state index is 11.4. The van der Waals surface area contributed by atoms with Crippen molar-refractivity contribution in [3.05, 3.63) is 35.9 Å². The van der Waals surface area contributed by atoms with Gasteiger partial charge in [-0.05, 0) is 30.7 Å². The minimum Gasteiger partial charge on any atom is -0.497 e. The number of carbonyl (C=O) groups excluding carboxylic acids is 1. The minimum absolute atomic E-state index is 0.444. The summed E-state index contributed by atoms with van der Waals surface area (Å²) in [5.41, 5.74) is 0.828. The summed E-state index contributed by atoms with van der Waals surface area (Å²) < 4.78 is 5.01. The summed E-state index contributed by atoms with van der Waals surface area (Å²) in [6.45, 7) is 1.40. The summed E-state index contributed by atoms with van der Waals surface area (Å²) >= 11 is 0. The molecule has 18 heavy (non-hydrogen) atoms. The first kappa shape index (κ1) is 13.8. The van der Waals surface area contributed by atoms with Crippen molar-refractivity contribution in [1.29, 1.82) is 0 Å². The van der Waals surface area contributed by atoms with Crippen LogP contribution in [0.15, 0.2) is 30.3 Å². The number of rotatable bonds is 5. The first-order valence-electron chi connectivity index (χ1n) is 5.38. The Labute approximate surface area is 105 Å². The first-order valence-corrected chi connectivity index (χ1v) is 5.38. The van der Waals surface area contributed by atoms with Crippen LogP contribution in [-0.2, 0) is 9.59 Å². The molecule has 2 N–H and O–H groups in total. The molecule has 0 heterocycles. The number of nitrogens with one attached hydrogen (secondary N) is 1. The van der Waals surface area contributed by atoms with Crippen molar-refractivity contribution in [3.63, 3.8) is 0 Å². The highest BCUT2D eigenvalue weighted by Crippen LogP contribution is 2.12. The monoisotopic (exact) mass is 249 g/mol. The molecule has 0 aromatic heterocycles. The molecule has 96 valence electrons. The molecule has 0 aliphatic carbocycles. The zero-order valence-corrected chi connectivity index (χ0v) is 10.2. The quantitative estimate of drug-likeness (QED) is 0.771. The zero-order chi connectivity index (χ0) is 13.5. The number of amides is 1. The molecule has 5 heteroatoms. The van der Waals surface area contributed by atoms with Crippen molar-refractivity contribution >= 4 is 18.0 Å². The van der Waals surface area contributed by atoms with E-state index in [9.17, 15) is 9.59 Å². The number of carbonyl (C=O) groups is 2. The Morgan fingerprint density at radius 2 is 1.94 bits per heavy atom. The van der Waals surface area contributed by atoms with Crippen molar-refractivity contribution < 1.29 is 19.4 Å². The molecule has 1 amide bonds. The van der Waals surface area contributed by atoms with Crippen LogP contribution in [0.2, 0.25) is 0 Å². The lowest BCUT2D eigenvalue weighted by Crippen LogP contribution is -2.37. The summed E-state index contributed by atoms with van der Waals surface area (Å²) in [7, 11) is 1.57. The summed E-state index contributed by atoms with van der Waals surface area (Å²) in [6.07, 6.45) is 2.89. The number of ether oxygens (including phenoxy) is 1. The molecule has 1 rings (SSSR count). The van der Waals surface area contributed by atoms with Gasteiger partial charge in [-0.2, -0.15) is 0 Å². The fourth-order valence-electron chi connectivity index (χ4n) is 1.21. The molecule has 0 fully saturated rings. The second-order valence-electron chi connectivity index (χ2n) is 3.68. The van der Waals surface area contributed by atoms with E-state index in [-0.39, 0.29) is 0 Å². The second kappa shape index (κ2) is 6.44. The van der Waals surface area contributed by atoms with Crippen LogP contribution >= 0.6 is 0 Å². The lowest BCUT2D eigenvalue weighted by molar-refractivity contribution is -0.140. The molecule has 0 radical (unpaired) electrons. The number of carboxylic acid groups (broad SMARTS) is 1. The Kier molecular flexibility index (Phi) is 4.92. The molecule has 0 unspecified atom stereocenters. The van der Waals surface area contributed by atoms with Crippen LogP contribution in [0, 0.1) is 0 Å². The van der Waals surface area contributed by atoms with E-state index in [4.69, 9.17) is 9.84 Å². The van der Waals surface area contributed by atoms with Gasteiger partial charge in [-0.25, -0.2) is 0 Å². The van der Waals surface area contributed by atoms with Gasteiger partial charge in [0.15, 0.2) is 0 Å². The van der Waals surface area contributed by atoms with Crippen LogP contribution in [0.1, 0.15) is 12.5 Å². The smallest absolute Gasteiger partial charge is 0.325 e. The molecule has 0 aliphatic heterocycles. The van der Waals surface area contributed by atoms with Crippen LogP contribution in [-0.4, -0.2) is 30.1 Å². The predicted octanol–water partition coefficient (Wildman–Crippen LogP) is 1.30. The summed E-state index contributed by atoms with van der Waals surface area (Å²) in [5.74, 6) is -0.780. The topological polar surface area (TPSA) is 75.6 Å². The fourth-order valence-corrected chi connectivity index (χ4v) is 1.21. The van der Waals surface area contributed by atoms with Crippen molar-refractivity contribution in [1.82, 2.24) is 5.32 Å². The molecule has 0 saturated heterocycles. The van der Waals surface area contributed by atoms with E-state index < -0.39 is 17.9 Å². The molecular formula is C13H15NO4. The first-order chi connectivity index (χ1) is 8.52. The molecule has 5 nitrogen and oxygen atoms in total. The minimum atomic E-state index is -1.07. The van der Waals surface area contributed by atoms with Crippen molar-refractivity contribution in [2.24, 2.45) is 0 Å². The van der Waals surface area contributed by atoms with Gasteiger partial charge in [0.1, 0.15) is 11.8 Å². The Hall–Kier alpha value is -2.30. The van der Waals surface area contributed by atoms with Gasteiger partial charge in [-0.15, -0.1) is 0 Å². The Morgan fingerprint density at radius 1 is 1.33 bits per heavy atom. The number of benzene rings is 1. The molecule has 0 saturated carbocycles. The number of aliphatic carboxylic acids is 1. The Balaban J connectivity index is 2.57. The van der Waals surface area contributed by atoms with Crippen LogP contribution in [0.4, 0.5) is 0 Å². The largest absolute Gasteiger partial charge is 0.497 e. The number of hydrogen-bond donors (Lipinski definition) is 2. The molecular weight excluding hydrogens is 234 g/mol. The van der Waals surface area contributed by atoms with E-state index in [1.807, 2.05) is 0 Å².